The molecule has 0 bridgehead atoms. The molecule has 2 rings (SSSR count). The van der Waals surface area contributed by atoms with E-state index in [1.165, 1.54) is 18.3 Å². The highest BCUT2D eigenvalue weighted by molar-refractivity contribution is 5.90. The van der Waals surface area contributed by atoms with Crippen LogP contribution in [0.15, 0.2) is 42.3 Å². The first-order chi connectivity index (χ1) is 11.5. The molecule has 0 saturated carbocycles. The Hall–Kier alpha value is -2.96. The fourth-order valence-corrected chi connectivity index (χ4v) is 1.77. The van der Waals surface area contributed by atoms with Gasteiger partial charge in [0.2, 0.25) is 5.76 Å². The van der Waals surface area contributed by atoms with Crippen molar-refractivity contribution in [1.29, 1.82) is 0 Å². The van der Waals surface area contributed by atoms with E-state index in [0.29, 0.717) is 11.4 Å². The van der Waals surface area contributed by atoms with Gasteiger partial charge in [-0.3, -0.25) is 4.98 Å². The number of aliphatic hydroxyl groups excluding tert-OH is 1. The quantitative estimate of drug-likeness (QED) is 0.498. The topological polar surface area (TPSA) is 68.7 Å². The van der Waals surface area contributed by atoms with Crippen LogP contribution in [0, 0.1) is 11.6 Å². The molecule has 0 atom stereocenters. The van der Waals surface area contributed by atoms with Crippen LogP contribution in [-0.4, -0.2) is 22.7 Å². The van der Waals surface area contributed by atoms with Gasteiger partial charge in [-0.1, -0.05) is 0 Å². The number of ether oxygens (including phenoxy) is 2. The zero-order valence-electron chi connectivity index (χ0n) is 12.8. The molecule has 0 spiro atoms. The van der Waals surface area contributed by atoms with E-state index >= 15 is 0 Å². The van der Waals surface area contributed by atoms with Gasteiger partial charge in [0.25, 0.3) is 0 Å². The van der Waals surface area contributed by atoms with E-state index in [9.17, 15) is 18.7 Å². The Kier molecular flexibility index (Phi) is 5.83. The minimum absolute atomic E-state index is 0.0863. The number of nitrogens with zero attached hydrogens (tertiary/aromatic N) is 1. The summed E-state index contributed by atoms with van der Waals surface area (Å²) in [5, 5.41) is 9.52. The molecule has 1 heterocycles. The standard InChI is InChI=1S/C17H15F2NO4/c1-2-23-17(22)16(21)8-13-5-6-14(9-20-13)24-10-11-3-4-12(18)7-15(11)19/h3-9,21H,2,10H2,1H3/b16-8-. The lowest BCUT2D eigenvalue weighted by Gasteiger charge is -2.07. The SMILES string of the molecule is CCOC(=O)/C(O)=C/c1ccc(OCc2ccc(F)cc2F)cn1. The van der Waals surface area contributed by atoms with Crippen LogP contribution < -0.4 is 4.74 Å². The molecule has 2 aromatic rings. The van der Waals surface area contributed by atoms with Gasteiger partial charge in [-0.15, -0.1) is 0 Å². The number of carbonyl (C=O) groups is 1. The molecule has 0 amide bonds. The number of aliphatic hydroxyl groups is 1. The lowest BCUT2D eigenvalue weighted by Crippen LogP contribution is -2.06. The van der Waals surface area contributed by atoms with Crippen molar-refractivity contribution in [2.75, 3.05) is 6.61 Å². The third kappa shape index (κ3) is 4.77. The smallest absolute Gasteiger partial charge is 0.373 e. The number of rotatable bonds is 6. The van der Waals surface area contributed by atoms with Crippen LogP contribution in [0.1, 0.15) is 18.2 Å². The van der Waals surface area contributed by atoms with E-state index in [1.54, 1.807) is 13.0 Å². The summed E-state index contributed by atoms with van der Waals surface area (Å²) in [5.41, 5.74) is 0.529. The highest BCUT2D eigenvalue weighted by atomic mass is 19.1. The Morgan fingerprint density at radius 1 is 1.29 bits per heavy atom. The third-order valence-electron chi connectivity index (χ3n) is 2.94. The van der Waals surface area contributed by atoms with Gasteiger partial charge in [0.05, 0.1) is 18.5 Å². The first-order valence-corrected chi connectivity index (χ1v) is 7.10. The summed E-state index contributed by atoms with van der Waals surface area (Å²) in [7, 11) is 0. The molecule has 126 valence electrons. The van der Waals surface area contributed by atoms with Gasteiger partial charge in [0.15, 0.2) is 0 Å². The molecule has 0 aliphatic carbocycles. The maximum Gasteiger partial charge on any atom is 0.373 e. The predicted octanol–water partition coefficient (Wildman–Crippen LogP) is 3.40. The summed E-state index contributed by atoms with van der Waals surface area (Å²) in [5.74, 6) is -2.40. The van der Waals surface area contributed by atoms with E-state index in [1.807, 2.05) is 0 Å². The molecule has 1 aromatic heterocycles. The van der Waals surface area contributed by atoms with Crippen molar-refractivity contribution in [3.63, 3.8) is 0 Å². The highest BCUT2D eigenvalue weighted by Gasteiger charge is 2.09. The van der Waals surface area contributed by atoms with Crippen LogP contribution >= 0.6 is 0 Å². The molecule has 1 aromatic carbocycles. The van der Waals surface area contributed by atoms with Crippen molar-refractivity contribution in [3.05, 3.63) is 65.2 Å². The zero-order chi connectivity index (χ0) is 17.5. The summed E-state index contributed by atoms with van der Waals surface area (Å²) in [4.78, 5) is 15.3. The number of aromatic nitrogens is 1. The second-order valence-corrected chi connectivity index (χ2v) is 4.69. The highest BCUT2D eigenvalue weighted by Crippen LogP contribution is 2.15. The molecule has 0 saturated heterocycles. The number of halogens is 2. The largest absolute Gasteiger partial charge is 0.502 e. The van der Waals surface area contributed by atoms with Crippen LogP contribution in [0.4, 0.5) is 8.78 Å². The molecule has 0 radical (unpaired) electrons. The summed E-state index contributed by atoms with van der Waals surface area (Å²) in [6.45, 7) is 1.69. The summed E-state index contributed by atoms with van der Waals surface area (Å²) in [6.07, 6.45) is 2.51. The predicted molar refractivity (Wildman–Crippen MR) is 82.2 cm³/mol. The molecule has 0 aliphatic heterocycles. The molecular weight excluding hydrogens is 320 g/mol. The number of esters is 1. The van der Waals surface area contributed by atoms with E-state index in [2.05, 4.69) is 9.72 Å². The molecule has 24 heavy (non-hydrogen) atoms. The zero-order valence-corrected chi connectivity index (χ0v) is 12.8. The Bertz CT molecular complexity index is 745. The first kappa shape index (κ1) is 17.4. The lowest BCUT2D eigenvalue weighted by molar-refractivity contribution is -0.141. The van der Waals surface area contributed by atoms with Crippen molar-refractivity contribution >= 4 is 12.0 Å². The van der Waals surface area contributed by atoms with Crippen molar-refractivity contribution in [1.82, 2.24) is 4.98 Å². The summed E-state index contributed by atoms with van der Waals surface area (Å²) < 4.78 is 36.3. The van der Waals surface area contributed by atoms with E-state index in [-0.39, 0.29) is 18.8 Å². The van der Waals surface area contributed by atoms with Gasteiger partial charge in [-0.25, -0.2) is 13.6 Å². The van der Waals surface area contributed by atoms with Gasteiger partial charge >= 0.3 is 5.97 Å². The summed E-state index contributed by atoms with van der Waals surface area (Å²) >= 11 is 0. The maximum absolute atomic E-state index is 13.5. The fraction of sp³-hybridized carbons (Fsp3) is 0.176. The second kappa shape index (κ2) is 8.05. The van der Waals surface area contributed by atoms with Crippen LogP contribution in [0.2, 0.25) is 0 Å². The number of hydrogen-bond acceptors (Lipinski definition) is 5. The number of carbonyl (C=O) groups excluding carboxylic acids is 1. The fourth-order valence-electron chi connectivity index (χ4n) is 1.77. The molecular formula is C17H15F2NO4. The second-order valence-electron chi connectivity index (χ2n) is 4.69. The normalized spacial score (nSPS) is 11.2. The van der Waals surface area contributed by atoms with Gasteiger partial charge in [0, 0.05) is 17.7 Å². The Morgan fingerprint density at radius 2 is 2.08 bits per heavy atom. The van der Waals surface area contributed by atoms with Gasteiger partial charge in [-0.2, -0.15) is 0 Å². The molecule has 7 heteroatoms. The van der Waals surface area contributed by atoms with Crippen molar-refractivity contribution < 1.29 is 28.2 Å². The van der Waals surface area contributed by atoms with Crippen molar-refractivity contribution in [2.24, 2.45) is 0 Å². The minimum atomic E-state index is -0.841. The van der Waals surface area contributed by atoms with E-state index in [0.717, 1.165) is 18.2 Å². The van der Waals surface area contributed by atoms with Crippen LogP contribution in [0.5, 0.6) is 5.75 Å². The molecule has 0 unspecified atom stereocenters. The lowest BCUT2D eigenvalue weighted by atomic mass is 10.2. The van der Waals surface area contributed by atoms with Crippen LogP contribution in [0.25, 0.3) is 6.08 Å². The molecule has 5 nitrogen and oxygen atoms in total. The van der Waals surface area contributed by atoms with Gasteiger partial charge in [-0.05, 0) is 31.2 Å². The average Bonchev–Trinajstić information content (AvgIpc) is 2.55. The first-order valence-electron chi connectivity index (χ1n) is 7.10. The molecule has 0 fully saturated rings. The number of benzene rings is 1. The third-order valence-corrected chi connectivity index (χ3v) is 2.94. The van der Waals surface area contributed by atoms with E-state index in [4.69, 9.17) is 4.74 Å². The van der Waals surface area contributed by atoms with Crippen LogP contribution in [0.3, 0.4) is 0 Å². The number of pyridine rings is 1. The van der Waals surface area contributed by atoms with Gasteiger partial charge in [0.1, 0.15) is 24.0 Å². The summed E-state index contributed by atoms with van der Waals surface area (Å²) in [6, 6.07) is 6.27. The van der Waals surface area contributed by atoms with Crippen molar-refractivity contribution in [2.45, 2.75) is 13.5 Å². The van der Waals surface area contributed by atoms with Gasteiger partial charge < -0.3 is 14.6 Å². The molecule has 0 aliphatic rings. The Labute approximate surface area is 137 Å². The average molecular weight is 335 g/mol. The van der Waals surface area contributed by atoms with Crippen molar-refractivity contribution in [3.8, 4) is 5.75 Å². The maximum atomic E-state index is 13.5. The van der Waals surface area contributed by atoms with E-state index < -0.39 is 23.4 Å². The minimum Gasteiger partial charge on any atom is -0.502 e. The Balaban J connectivity index is 1.99. The monoisotopic (exact) mass is 335 g/mol. The number of hydrogen-bond donors (Lipinski definition) is 1. The van der Waals surface area contributed by atoms with Crippen LogP contribution in [-0.2, 0) is 16.1 Å². The molecule has 1 N–H and O–H groups in total. The Morgan fingerprint density at radius 3 is 2.71 bits per heavy atom.